The minimum absolute atomic E-state index is 0.627. The van der Waals surface area contributed by atoms with Crippen LogP contribution in [-0.2, 0) is 6.54 Å². The number of aromatic nitrogens is 4. The molecule has 0 saturated heterocycles. The maximum atomic E-state index is 4.23. The molecule has 0 aliphatic carbocycles. The minimum Gasteiger partial charge on any atom is -0.354 e. The molecule has 0 radical (unpaired) electrons. The first kappa shape index (κ1) is 9.97. The van der Waals surface area contributed by atoms with E-state index in [9.17, 15) is 0 Å². The van der Waals surface area contributed by atoms with Crippen molar-refractivity contribution in [2.45, 2.75) is 20.4 Å². The average molecular weight is 221 g/mol. The van der Waals surface area contributed by atoms with Gasteiger partial charge in [-0.1, -0.05) is 11.3 Å². The molecule has 0 aromatic carbocycles. The monoisotopic (exact) mass is 221 g/mol. The Hall–Kier alpha value is -1.56. The Morgan fingerprint density at radius 3 is 2.67 bits per heavy atom. The van der Waals surface area contributed by atoms with Gasteiger partial charge in [-0.25, -0.2) is 0 Å². The van der Waals surface area contributed by atoms with Crippen LogP contribution in [0.1, 0.15) is 16.4 Å². The lowest BCUT2D eigenvalue weighted by molar-refractivity contribution is 0.967. The topological polar surface area (TPSA) is 63.6 Å². The molecule has 0 spiro atoms. The molecule has 2 aromatic heterocycles. The van der Waals surface area contributed by atoms with Gasteiger partial charge in [-0.2, -0.15) is 0 Å². The van der Waals surface area contributed by atoms with Gasteiger partial charge >= 0.3 is 0 Å². The quantitative estimate of drug-likeness (QED) is 0.852. The Labute approximate surface area is 91.6 Å². The fraction of sp³-hybridized carbons (Fsp3) is 0.333. The van der Waals surface area contributed by atoms with E-state index in [2.05, 4.69) is 25.5 Å². The third kappa shape index (κ3) is 2.69. The molecule has 5 nitrogen and oxygen atoms in total. The lowest BCUT2D eigenvalue weighted by Crippen LogP contribution is -2.02. The Kier molecular flexibility index (Phi) is 2.86. The van der Waals surface area contributed by atoms with Crippen molar-refractivity contribution in [2.75, 3.05) is 5.32 Å². The molecule has 0 aliphatic heterocycles. The van der Waals surface area contributed by atoms with Crippen molar-refractivity contribution < 1.29 is 0 Å². The normalized spacial score (nSPS) is 10.3. The summed E-state index contributed by atoms with van der Waals surface area (Å²) < 4.78 is 0. The summed E-state index contributed by atoms with van der Waals surface area (Å²) in [4.78, 5) is 8.39. The lowest BCUT2D eigenvalue weighted by Gasteiger charge is -2.00. The summed E-state index contributed by atoms with van der Waals surface area (Å²) in [6, 6.07) is 0. The number of hydrogen-bond donors (Lipinski definition) is 1. The van der Waals surface area contributed by atoms with Gasteiger partial charge in [-0.05, 0) is 13.8 Å². The summed E-state index contributed by atoms with van der Waals surface area (Å²) in [5.74, 6) is 0. The van der Waals surface area contributed by atoms with Crippen LogP contribution in [0.15, 0.2) is 12.4 Å². The largest absolute Gasteiger partial charge is 0.354 e. The van der Waals surface area contributed by atoms with Gasteiger partial charge in [0.2, 0.25) is 5.13 Å². The van der Waals surface area contributed by atoms with Crippen LogP contribution in [0.3, 0.4) is 0 Å². The van der Waals surface area contributed by atoms with Crippen LogP contribution in [0.25, 0.3) is 0 Å². The number of nitrogens with one attached hydrogen (secondary N) is 1. The van der Waals surface area contributed by atoms with Gasteiger partial charge in [0.25, 0.3) is 0 Å². The molecule has 15 heavy (non-hydrogen) atoms. The van der Waals surface area contributed by atoms with Crippen LogP contribution in [0.5, 0.6) is 0 Å². The first-order valence-corrected chi connectivity index (χ1v) is 5.37. The third-order valence-corrected chi connectivity index (χ3v) is 2.58. The molecule has 0 atom stereocenters. The van der Waals surface area contributed by atoms with E-state index in [0.717, 1.165) is 21.5 Å². The van der Waals surface area contributed by atoms with E-state index < -0.39 is 0 Å². The van der Waals surface area contributed by atoms with E-state index in [4.69, 9.17) is 0 Å². The predicted octanol–water partition coefficient (Wildman–Crippen LogP) is 1.56. The summed E-state index contributed by atoms with van der Waals surface area (Å²) in [6.07, 6.45) is 3.51. The smallest absolute Gasteiger partial charge is 0.205 e. The van der Waals surface area contributed by atoms with Gasteiger partial charge in [-0.3, -0.25) is 9.97 Å². The van der Waals surface area contributed by atoms with E-state index in [1.165, 1.54) is 11.3 Å². The number of anilines is 1. The summed E-state index contributed by atoms with van der Waals surface area (Å²) in [7, 11) is 0. The predicted molar refractivity (Wildman–Crippen MR) is 58.7 cm³/mol. The highest BCUT2D eigenvalue weighted by Crippen LogP contribution is 2.14. The van der Waals surface area contributed by atoms with Gasteiger partial charge in [0, 0.05) is 6.20 Å². The molecule has 0 aliphatic rings. The number of aryl methyl sites for hydroxylation is 2. The molecule has 0 fully saturated rings. The Balaban J connectivity index is 1.96. The van der Waals surface area contributed by atoms with Crippen molar-refractivity contribution in [2.24, 2.45) is 0 Å². The van der Waals surface area contributed by atoms with E-state index in [0.29, 0.717) is 6.54 Å². The van der Waals surface area contributed by atoms with Crippen molar-refractivity contribution in [1.29, 1.82) is 0 Å². The number of nitrogens with zero attached hydrogens (tertiary/aromatic N) is 4. The second-order valence-corrected chi connectivity index (χ2v) is 4.31. The Bertz CT molecular complexity index is 436. The standard InChI is InChI=1S/C9H11N5S/c1-6-3-11-8(4-10-6)5-12-9-14-13-7(2)15-9/h3-4H,5H2,1-2H3,(H,12,14). The second-order valence-electron chi connectivity index (χ2n) is 3.13. The first-order valence-electron chi connectivity index (χ1n) is 4.55. The number of hydrogen-bond acceptors (Lipinski definition) is 6. The lowest BCUT2D eigenvalue weighted by atomic mass is 10.4. The SMILES string of the molecule is Cc1cnc(CNc2nnc(C)s2)cn1. The molecule has 0 saturated carbocycles. The molecule has 2 heterocycles. The molecule has 0 amide bonds. The average Bonchev–Trinajstić information content (AvgIpc) is 2.64. The third-order valence-electron chi connectivity index (χ3n) is 1.78. The summed E-state index contributed by atoms with van der Waals surface area (Å²) >= 11 is 1.53. The van der Waals surface area contributed by atoms with E-state index in [-0.39, 0.29) is 0 Å². The summed E-state index contributed by atoms with van der Waals surface area (Å²) in [5.41, 5.74) is 1.82. The van der Waals surface area contributed by atoms with Crippen LogP contribution in [0, 0.1) is 13.8 Å². The zero-order valence-corrected chi connectivity index (χ0v) is 9.38. The summed E-state index contributed by atoms with van der Waals surface area (Å²) in [5, 5.41) is 12.8. The molecule has 2 aromatic rings. The maximum absolute atomic E-state index is 4.23. The van der Waals surface area contributed by atoms with Crippen molar-refractivity contribution in [1.82, 2.24) is 20.2 Å². The molecular formula is C9H11N5S. The molecular weight excluding hydrogens is 210 g/mol. The Morgan fingerprint density at radius 2 is 2.07 bits per heavy atom. The van der Waals surface area contributed by atoms with E-state index in [1.807, 2.05) is 13.8 Å². The molecule has 2 rings (SSSR count). The van der Waals surface area contributed by atoms with Crippen molar-refractivity contribution in [3.8, 4) is 0 Å². The zero-order chi connectivity index (χ0) is 10.7. The highest BCUT2D eigenvalue weighted by Gasteiger charge is 2.00. The number of rotatable bonds is 3. The molecule has 1 N–H and O–H groups in total. The fourth-order valence-corrected chi connectivity index (χ4v) is 1.63. The van der Waals surface area contributed by atoms with Gasteiger partial charge < -0.3 is 5.32 Å². The minimum atomic E-state index is 0.627. The maximum Gasteiger partial charge on any atom is 0.205 e. The first-order chi connectivity index (χ1) is 7.24. The van der Waals surface area contributed by atoms with Gasteiger partial charge in [0.1, 0.15) is 5.01 Å². The van der Waals surface area contributed by atoms with Crippen molar-refractivity contribution >= 4 is 16.5 Å². The van der Waals surface area contributed by atoms with Crippen molar-refractivity contribution in [3.05, 3.63) is 28.8 Å². The summed E-state index contributed by atoms with van der Waals surface area (Å²) in [6.45, 7) is 4.47. The molecule has 0 unspecified atom stereocenters. The van der Waals surface area contributed by atoms with E-state index in [1.54, 1.807) is 12.4 Å². The molecule has 6 heteroatoms. The van der Waals surface area contributed by atoms with Gasteiger partial charge in [0.05, 0.1) is 24.1 Å². The van der Waals surface area contributed by atoms with Crippen molar-refractivity contribution in [3.63, 3.8) is 0 Å². The zero-order valence-electron chi connectivity index (χ0n) is 8.56. The fourth-order valence-electron chi connectivity index (χ4n) is 1.04. The highest BCUT2D eigenvalue weighted by molar-refractivity contribution is 7.15. The van der Waals surface area contributed by atoms with Crippen LogP contribution in [-0.4, -0.2) is 20.2 Å². The van der Waals surface area contributed by atoms with E-state index >= 15 is 0 Å². The Morgan fingerprint density at radius 1 is 1.20 bits per heavy atom. The van der Waals surface area contributed by atoms with Gasteiger partial charge in [-0.15, -0.1) is 10.2 Å². The van der Waals surface area contributed by atoms with Crippen LogP contribution in [0.2, 0.25) is 0 Å². The molecule has 78 valence electrons. The van der Waals surface area contributed by atoms with Crippen LogP contribution in [0.4, 0.5) is 5.13 Å². The highest BCUT2D eigenvalue weighted by atomic mass is 32.1. The van der Waals surface area contributed by atoms with Crippen LogP contribution >= 0.6 is 11.3 Å². The second kappa shape index (κ2) is 4.31. The van der Waals surface area contributed by atoms with Gasteiger partial charge in [0.15, 0.2) is 0 Å². The van der Waals surface area contributed by atoms with Crippen LogP contribution < -0.4 is 5.32 Å². The molecule has 0 bridgehead atoms.